The van der Waals surface area contributed by atoms with Crippen LogP contribution in [0.2, 0.25) is 0 Å². The number of nitrogens with zero attached hydrogens (tertiary/aromatic N) is 1. The molecule has 3 aromatic rings. The summed E-state index contributed by atoms with van der Waals surface area (Å²) in [6.45, 7) is 1.22. The monoisotopic (exact) mass is 278 g/mol. The number of nitrogens with one attached hydrogen (secondary N) is 1. The Labute approximate surface area is 124 Å². The van der Waals surface area contributed by atoms with E-state index in [1.165, 1.54) is 0 Å². The fraction of sp³-hybridized carbons (Fsp3) is 0.167. The fourth-order valence-corrected chi connectivity index (χ4v) is 2.36. The van der Waals surface area contributed by atoms with Crippen LogP contribution in [0.5, 0.6) is 0 Å². The Balaban J connectivity index is 1.59. The fourth-order valence-electron chi connectivity index (χ4n) is 2.36. The lowest BCUT2D eigenvalue weighted by atomic mass is 10.1. The van der Waals surface area contributed by atoms with Crippen LogP contribution < -0.4 is 5.32 Å². The molecule has 0 aliphatic rings. The van der Waals surface area contributed by atoms with Crippen LogP contribution in [-0.2, 0) is 6.54 Å². The third-order valence-electron chi connectivity index (χ3n) is 3.50. The van der Waals surface area contributed by atoms with Crippen LogP contribution in [0.4, 0.5) is 0 Å². The Bertz CT molecular complexity index is 712. The molecule has 0 fully saturated rings. The second kappa shape index (κ2) is 6.48. The van der Waals surface area contributed by atoms with Crippen LogP contribution in [0.15, 0.2) is 66.9 Å². The highest BCUT2D eigenvalue weighted by molar-refractivity contribution is 5.78. The summed E-state index contributed by atoms with van der Waals surface area (Å²) in [4.78, 5) is 4.43. The number of aliphatic hydroxyl groups is 1. The molecular formula is C18H18N2O. The van der Waals surface area contributed by atoms with Gasteiger partial charge in [0.1, 0.15) is 0 Å². The quantitative estimate of drug-likeness (QED) is 0.754. The molecule has 1 aromatic heterocycles. The molecule has 1 atom stereocenters. The van der Waals surface area contributed by atoms with Crippen molar-refractivity contribution in [2.45, 2.75) is 12.6 Å². The molecule has 106 valence electrons. The predicted molar refractivity (Wildman–Crippen MR) is 84.9 cm³/mol. The first-order chi connectivity index (χ1) is 10.3. The van der Waals surface area contributed by atoms with Crippen LogP contribution >= 0.6 is 0 Å². The normalized spacial score (nSPS) is 12.4. The highest BCUT2D eigenvalue weighted by Gasteiger charge is 2.06. The SMILES string of the molecule is O[C@@H](CNCc1cnc2ccccc2c1)c1ccccc1. The van der Waals surface area contributed by atoms with Crippen molar-refractivity contribution in [3.8, 4) is 0 Å². The molecule has 3 heteroatoms. The Morgan fingerprint density at radius 2 is 1.76 bits per heavy atom. The molecule has 3 nitrogen and oxygen atoms in total. The Hall–Kier alpha value is -2.23. The second-order valence-corrected chi connectivity index (χ2v) is 5.09. The van der Waals surface area contributed by atoms with Crippen LogP contribution in [0.1, 0.15) is 17.2 Å². The van der Waals surface area contributed by atoms with Crippen molar-refractivity contribution < 1.29 is 5.11 Å². The average molecular weight is 278 g/mol. The van der Waals surface area contributed by atoms with Crippen LogP contribution in [-0.4, -0.2) is 16.6 Å². The maximum absolute atomic E-state index is 10.1. The summed E-state index contributed by atoms with van der Waals surface area (Å²) in [5.41, 5.74) is 3.06. The molecule has 2 aromatic carbocycles. The van der Waals surface area contributed by atoms with Gasteiger partial charge in [-0.05, 0) is 23.3 Å². The maximum atomic E-state index is 10.1. The van der Waals surface area contributed by atoms with E-state index in [1.807, 2.05) is 54.7 Å². The van der Waals surface area contributed by atoms with Gasteiger partial charge in [-0.2, -0.15) is 0 Å². The molecule has 0 aliphatic heterocycles. The largest absolute Gasteiger partial charge is 0.387 e. The third-order valence-corrected chi connectivity index (χ3v) is 3.50. The minimum Gasteiger partial charge on any atom is -0.387 e. The molecule has 2 N–H and O–H groups in total. The zero-order valence-corrected chi connectivity index (χ0v) is 11.7. The minimum atomic E-state index is -0.486. The first kappa shape index (κ1) is 13.7. The lowest BCUT2D eigenvalue weighted by Crippen LogP contribution is -2.21. The predicted octanol–water partition coefficient (Wildman–Crippen LogP) is 3.06. The van der Waals surface area contributed by atoms with Gasteiger partial charge in [-0.3, -0.25) is 4.98 Å². The lowest BCUT2D eigenvalue weighted by Gasteiger charge is -2.12. The van der Waals surface area contributed by atoms with Gasteiger partial charge in [0.2, 0.25) is 0 Å². The van der Waals surface area contributed by atoms with Gasteiger partial charge >= 0.3 is 0 Å². The first-order valence-electron chi connectivity index (χ1n) is 7.10. The summed E-state index contributed by atoms with van der Waals surface area (Å²) in [5, 5.41) is 14.5. The number of aliphatic hydroxyl groups excluding tert-OH is 1. The second-order valence-electron chi connectivity index (χ2n) is 5.09. The molecule has 0 unspecified atom stereocenters. The topological polar surface area (TPSA) is 45.1 Å². The smallest absolute Gasteiger partial charge is 0.0914 e. The average Bonchev–Trinajstić information content (AvgIpc) is 2.55. The van der Waals surface area contributed by atoms with E-state index in [9.17, 15) is 5.11 Å². The van der Waals surface area contributed by atoms with Crippen molar-refractivity contribution >= 4 is 10.9 Å². The highest BCUT2D eigenvalue weighted by Crippen LogP contribution is 2.13. The van der Waals surface area contributed by atoms with E-state index in [2.05, 4.69) is 22.4 Å². The maximum Gasteiger partial charge on any atom is 0.0914 e. The van der Waals surface area contributed by atoms with Crippen LogP contribution in [0.3, 0.4) is 0 Å². The molecule has 0 saturated heterocycles. The number of fused-ring (bicyclic) bond motifs is 1. The number of benzene rings is 2. The molecule has 0 saturated carbocycles. The van der Waals surface area contributed by atoms with E-state index < -0.39 is 6.10 Å². The molecule has 0 amide bonds. The number of hydrogen-bond donors (Lipinski definition) is 2. The van der Waals surface area contributed by atoms with Crippen molar-refractivity contribution in [1.29, 1.82) is 0 Å². The lowest BCUT2D eigenvalue weighted by molar-refractivity contribution is 0.174. The Morgan fingerprint density at radius 3 is 2.62 bits per heavy atom. The van der Waals surface area contributed by atoms with E-state index in [0.717, 1.165) is 22.0 Å². The van der Waals surface area contributed by atoms with Crippen molar-refractivity contribution in [3.63, 3.8) is 0 Å². The molecule has 0 aliphatic carbocycles. The summed E-state index contributed by atoms with van der Waals surface area (Å²) in [5.74, 6) is 0. The van der Waals surface area contributed by atoms with Gasteiger partial charge in [0.15, 0.2) is 0 Å². The van der Waals surface area contributed by atoms with Gasteiger partial charge in [-0.25, -0.2) is 0 Å². The minimum absolute atomic E-state index is 0.486. The van der Waals surface area contributed by atoms with E-state index >= 15 is 0 Å². The van der Waals surface area contributed by atoms with E-state index in [1.54, 1.807) is 0 Å². The molecule has 21 heavy (non-hydrogen) atoms. The molecule has 1 heterocycles. The van der Waals surface area contributed by atoms with Crippen molar-refractivity contribution in [2.24, 2.45) is 0 Å². The summed E-state index contributed by atoms with van der Waals surface area (Å²) in [6, 6.07) is 19.9. The van der Waals surface area contributed by atoms with E-state index in [0.29, 0.717) is 13.1 Å². The number of para-hydroxylation sites is 1. The molecule has 0 radical (unpaired) electrons. The summed E-state index contributed by atoms with van der Waals surface area (Å²) < 4.78 is 0. The number of rotatable bonds is 5. The summed E-state index contributed by atoms with van der Waals surface area (Å²) in [6.07, 6.45) is 1.39. The molecule has 0 bridgehead atoms. The van der Waals surface area contributed by atoms with Crippen LogP contribution in [0, 0.1) is 0 Å². The van der Waals surface area contributed by atoms with Crippen molar-refractivity contribution in [1.82, 2.24) is 10.3 Å². The summed E-state index contributed by atoms with van der Waals surface area (Å²) in [7, 11) is 0. The van der Waals surface area contributed by atoms with Gasteiger partial charge in [0.25, 0.3) is 0 Å². The van der Waals surface area contributed by atoms with E-state index in [-0.39, 0.29) is 0 Å². The van der Waals surface area contributed by atoms with Crippen molar-refractivity contribution in [3.05, 3.63) is 78.0 Å². The summed E-state index contributed by atoms with van der Waals surface area (Å²) >= 11 is 0. The van der Waals surface area contributed by atoms with Gasteiger partial charge < -0.3 is 10.4 Å². The zero-order valence-electron chi connectivity index (χ0n) is 11.7. The standard InChI is InChI=1S/C18H18N2O/c21-18(15-6-2-1-3-7-15)13-19-11-14-10-16-8-4-5-9-17(16)20-12-14/h1-10,12,18-19,21H,11,13H2/t18-/m0/s1. The highest BCUT2D eigenvalue weighted by atomic mass is 16.3. The molecule has 0 spiro atoms. The first-order valence-corrected chi connectivity index (χ1v) is 7.10. The van der Waals surface area contributed by atoms with Crippen LogP contribution in [0.25, 0.3) is 10.9 Å². The van der Waals surface area contributed by atoms with Gasteiger partial charge in [-0.15, -0.1) is 0 Å². The van der Waals surface area contributed by atoms with Gasteiger partial charge in [0.05, 0.1) is 11.6 Å². The zero-order chi connectivity index (χ0) is 14.5. The molecular weight excluding hydrogens is 260 g/mol. The van der Waals surface area contributed by atoms with Crippen molar-refractivity contribution in [2.75, 3.05) is 6.54 Å². The Kier molecular flexibility index (Phi) is 4.24. The molecule has 3 rings (SSSR count). The Morgan fingerprint density at radius 1 is 1.00 bits per heavy atom. The van der Waals surface area contributed by atoms with E-state index in [4.69, 9.17) is 0 Å². The third kappa shape index (κ3) is 3.45. The number of pyridine rings is 1. The number of hydrogen-bond acceptors (Lipinski definition) is 3. The number of aromatic nitrogens is 1. The van der Waals surface area contributed by atoms with Gasteiger partial charge in [-0.1, -0.05) is 48.5 Å². The van der Waals surface area contributed by atoms with Gasteiger partial charge in [0, 0.05) is 24.7 Å².